The lowest BCUT2D eigenvalue weighted by Crippen LogP contribution is -2.22. The van der Waals surface area contributed by atoms with E-state index in [2.05, 4.69) is 6.07 Å². The Labute approximate surface area is 120 Å². The van der Waals surface area contributed by atoms with E-state index in [9.17, 15) is 4.39 Å². The van der Waals surface area contributed by atoms with Gasteiger partial charge in [-0.2, -0.15) is 5.26 Å². The third-order valence-electron chi connectivity index (χ3n) is 3.32. The average Bonchev–Trinajstić information content (AvgIpc) is 2.41. The lowest BCUT2D eigenvalue weighted by molar-refractivity contribution is 0.261. The van der Waals surface area contributed by atoms with Crippen LogP contribution < -0.4 is 10.5 Å². The molecule has 0 aliphatic heterocycles. The van der Waals surface area contributed by atoms with Crippen LogP contribution in [0.5, 0.6) is 5.75 Å². The first-order valence-corrected chi connectivity index (χ1v) is 6.96. The molecule has 3 nitrogen and oxygen atoms in total. The fourth-order valence-electron chi connectivity index (χ4n) is 1.75. The Kier molecular flexibility index (Phi) is 5.97. The van der Waals surface area contributed by atoms with E-state index in [-0.39, 0.29) is 11.9 Å². The van der Waals surface area contributed by atoms with Gasteiger partial charge in [-0.1, -0.05) is 6.92 Å². The topological polar surface area (TPSA) is 59.0 Å². The summed E-state index contributed by atoms with van der Waals surface area (Å²) in [6.07, 6.45) is 2.04. The van der Waals surface area contributed by atoms with Crippen molar-refractivity contribution in [1.29, 1.82) is 5.26 Å². The van der Waals surface area contributed by atoms with Gasteiger partial charge in [0.2, 0.25) is 0 Å². The fraction of sp³-hybridized carbons (Fsp3) is 0.562. The zero-order valence-corrected chi connectivity index (χ0v) is 12.4. The molecule has 0 heterocycles. The molecule has 1 atom stereocenters. The highest BCUT2D eigenvalue weighted by Crippen LogP contribution is 2.24. The quantitative estimate of drug-likeness (QED) is 0.831. The first kappa shape index (κ1) is 16.5. The molecule has 0 radical (unpaired) electrons. The number of hydrogen-bond donors (Lipinski definition) is 1. The summed E-state index contributed by atoms with van der Waals surface area (Å²) in [5.41, 5.74) is 6.29. The minimum atomic E-state index is -0.417. The molecule has 0 aromatic heterocycles. The highest BCUT2D eigenvalue weighted by molar-refractivity contribution is 5.34. The van der Waals surface area contributed by atoms with Gasteiger partial charge in [0.05, 0.1) is 18.1 Å². The molecule has 1 aromatic carbocycles. The minimum Gasteiger partial charge on any atom is -0.493 e. The minimum absolute atomic E-state index is 0.00491. The number of nitriles is 1. The molecule has 0 fully saturated rings. The molecule has 1 unspecified atom stereocenters. The maximum absolute atomic E-state index is 13.3. The molecule has 0 aliphatic carbocycles. The summed E-state index contributed by atoms with van der Waals surface area (Å²) in [7, 11) is 0. The van der Waals surface area contributed by atoms with Crippen LogP contribution in [0.15, 0.2) is 18.2 Å². The van der Waals surface area contributed by atoms with E-state index in [0.717, 1.165) is 12.0 Å². The van der Waals surface area contributed by atoms with Crippen LogP contribution in [0.2, 0.25) is 0 Å². The molecule has 0 saturated heterocycles. The molecule has 0 bridgehead atoms. The fourth-order valence-corrected chi connectivity index (χ4v) is 1.75. The Hall–Kier alpha value is -1.60. The van der Waals surface area contributed by atoms with E-state index in [4.69, 9.17) is 15.7 Å². The molecule has 1 rings (SSSR count). The number of ether oxygens (including phenoxy) is 1. The second-order valence-corrected chi connectivity index (χ2v) is 5.72. The van der Waals surface area contributed by atoms with E-state index in [1.807, 2.05) is 20.8 Å². The number of nitrogens with two attached hydrogens (primary N) is 1. The van der Waals surface area contributed by atoms with Crippen LogP contribution >= 0.6 is 0 Å². The van der Waals surface area contributed by atoms with Crippen molar-refractivity contribution in [3.63, 3.8) is 0 Å². The molecule has 0 aliphatic rings. The Morgan fingerprint density at radius 3 is 2.75 bits per heavy atom. The zero-order chi connectivity index (χ0) is 15.2. The van der Waals surface area contributed by atoms with Gasteiger partial charge in [-0.3, -0.25) is 0 Å². The molecule has 0 spiro atoms. The van der Waals surface area contributed by atoms with E-state index in [1.165, 1.54) is 12.1 Å². The van der Waals surface area contributed by atoms with Crippen molar-refractivity contribution in [2.24, 2.45) is 11.1 Å². The molecule has 1 aromatic rings. The highest BCUT2D eigenvalue weighted by Gasteiger charge is 2.17. The van der Waals surface area contributed by atoms with Crippen LogP contribution in [0.25, 0.3) is 0 Å². The van der Waals surface area contributed by atoms with Crippen LogP contribution in [-0.4, -0.2) is 12.6 Å². The van der Waals surface area contributed by atoms with Crippen LogP contribution in [-0.2, 0) is 6.42 Å². The Morgan fingerprint density at radius 2 is 2.15 bits per heavy atom. The molecule has 110 valence electrons. The SMILES string of the molecule is CCC(N)Cc1cc(F)ccc1OCCC(C)(C)C#N. The molecule has 0 saturated carbocycles. The maximum atomic E-state index is 13.3. The molecule has 0 amide bonds. The Bertz CT molecular complexity index is 480. The van der Waals surface area contributed by atoms with E-state index in [0.29, 0.717) is 25.2 Å². The summed E-state index contributed by atoms with van der Waals surface area (Å²) in [4.78, 5) is 0. The standard InChI is InChI=1S/C16H23FN2O/c1-4-14(19)10-12-9-13(17)5-6-15(12)20-8-7-16(2,3)11-18/h5-6,9,14H,4,7-8,10,19H2,1-3H3. The van der Waals surface area contributed by atoms with Crippen molar-refractivity contribution in [2.45, 2.75) is 46.1 Å². The van der Waals surface area contributed by atoms with Crippen LogP contribution in [0.4, 0.5) is 4.39 Å². The van der Waals surface area contributed by atoms with Crippen LogP contribution in [0.3, 0.4) is 0 Å². The first-order chi connectivity index (χ1) is 9.38. The van der Waals surface area contributed by atoms with Gasteiger partial charge in [-0.05, 0) is 56.9 Å². The molecule has 20 heavy (non-hydrogen) atoms. The number of hydrogen-bond acceptors (Lipinski definition) is 3. The normalized spacial score (nSPS) is 12.8. The van der Waals surface area contributed by atoms with E-state index >= 15 is 0 Å². The Morgan fingerprint density at radius 1 is 1.45 bits per heavy atom. The van der Waals surface area contributed by atoms with Gasteiger partial charge in [-0.25, -0.2) is 4.39 Å². The van der Waals surface area contributed by atoms with E-state index in [1.54, 1.807) is 6.07 Å². The smallest absolute Gasteiger partial charge is 0.123 e. The number of halogens is 1. The van der Waals surface area contributed by atoms with Crippen molar-refractivity contribution in [2.75, 3.05) is 6.61 Å². The largest absolute Gasteiger partial charge is 0.493 e. The molecule has 2 N–H and O–H groups in total. The number of benzene rings is 1. The average molecular weight is 278 g/mol. The second kappa shape index (κ2) is 7.25. The van der Waals surface area contributed by atoms with Crippen molar-refractivity contribution < 1.29 is 9.13 Å². The summed E-state index contributed by atoms with van der Waals surface area (Å²) < 4.78 is 19.0. The molecule has 4 heteroatoms. The van der Waals surface area contributed by atoms with Crippen LogP contribution in [0, 0.1) is 22.6 Å². The maximum Gasteiger partial charge on any atom is 0.123 e. The van der Waals surface area contributed by atoms with Crippen molar-refractivity contribution in [3.8, 4) is 11.8 Å². The van der Waals surface area contributed by atoms with E-state index < -0.39 is 5.41 Å². The predicted molar refractivity (Wildman–Crippen MR) is 77.9 cm³/mol. The van der Waals surface area contributed by atoms with Gasteiger partial charge in [0.25, 0.3) is 0 Å². The Balaban J connectivity index is 2.72. The van der Waals surface area contributed by atoms with Gasteiger partial charge in [0.1, 0.15) is 11.6 Å². The van der Waals surface area contributed by atoms with Crippen LogP contribution in [0.1, 0.15) is 39.2 Å². The second-order valence-electron chi connectivity index (χ2n) is 5.72. The summed E-state index contributed by atoms with van der Waals surface area (Å²) in [6.45, 7) is 6.17. The number of rotatable bonds is 7. The molecular formula is C16H23FN2O. The van der Waals surface area contributed by atoms with Crippen molar-refractivity contribution >= 4 is 0 Å². The lowest BCUT2D eigenvalue weighted by atomic mass is 9.92. The van der Waals surface area contributed by atoms with Gasteiger partial charge in [0.15, 0.2) is 0 Å². The first-order valence-electron chi connectivity index (χ1n) is 6.96. The van der Waals surface area contributed by atoms with Gasteiger partial charge >= 0.3 is 0 Å². The molecular weight excluding hydrogens is 255 g/mol. The van der Waals surface area contributed by atoms with Crippen molar-refractivity contribution in [3.05, 3.63) is 29.6 Å². The zero-order valence-electron chi connectivity index (χ0n) is 12.4. The highest BCUT2D eigenvalue weighted by atomic mass is 19.1. The monoisotopic (exact) mass is 278 g/mol. The van der Waals surface area contributed by atoms with Gasteiger partial charge in [-0.15, -0.1) is 0 Å². The predicted octanol–water partition coefficient (Wildman–Crippen LogP) is 3.42. The van der Waals surface area contributed by atoms with Gasteiger partial charge < -0.3 is 10.5 Å². The summed E-state index contributed by atoms with van der Waals surface area (Å²) in [6, 6.07) is 6.71. The third-order valence-corrected chi connectivity index (χ3v) is 3.32. The van der Waals surface area contributed by atoms with Gasteiger partial charge in [0, 0.05) is 6.04 Å². The van der Waals surface area contributed by atoms with Crippen molar-refractivity contribution in [1.82, 2.24) is 0 Å². The third kappa shape index (κ3) is 5.18. The lowest BCUT2D eigenvalue weighted by Gasteiger charge is -2.18. The number of nitrogens with zero attached hydrogens (tertiary/aromatic N) is 1. The summed E-state index contributed by atoms with van der Waals surface area (Å²) >= 11 is 0. The summed E-state index contributed by atoms with van der Waals surface area (Å²) in [5, 5.41) is 8.96. The summed E-state index contributed by atoms with van der Waals surface area (Å²) in [5.74, 6) is 0.372.